The minimum atomic E-state index is -0.853. The Morgan fingerprint density at radius 3 is 2.48 bits per heavy atom. The van der Waals surface area contributed by atoms with E-state index in [0.717, 1.165) is 4.70 Å². The molecule has 0 aliphatic carbocycles. The smallest absolute Gasteiger partial charge is 0.239 e. The second-order valence-corrected chi connectivity index (χ2v) is 7.67. The monoisotopic (exact) mass is 447 g/mol. The number of hydrogen-bond acceptors (Lipinski definition) is 7. The third-order valence-corrected chi connectivity index (χ3v) is 5.14. The minimum Gasteiger partial charge on any atom is -0.370 e. The fourth-order valence-electron chi connectivity index (χ4n) is 2.62. The summed E-state index contributed by atoms with van der Waals surface area (Å²) in [5.74, 6) is -1.94. The van der Waals surface area contributed by atoms with Gasteiger partial charge in [0.2, 0.25) is 23.5 Å². The molecule has 0 saturated carbocycles. The number of benzene rings is 1. The third-order valence-electron chi connectivity index (χ3n) is 4.09. The molecule has 7 N–H and O–H groups in total. The van der Waals surface area contributed by atoms with E-state index in [1.165, 1.54) is 18.3 Å². The summed E-state index contributed by atoms with van der Waals surface area (Å²) >= 11 is 1.24. The first-order valence-electron chi connectivity index (χ1n) is 9.54. The lowest BCUT2D eigenvalue weighted by Crippen LogP contribution is -2.47. The largest absolute Gasteiger partial charge is 0.370 e. The molecule has 0 aliphatic rings. The Balaban J connectivity index is 2.00. The molecule has 1 heterocycles. The highest BCUT2D eigenvalue weighted by Crippen LogP contribution is 2.23. The van der Waals surface area contributed by atoms with Crippen molar-refractivity contribution < 1.29 is 19.2 Å². The van der Waals surface area contributed by atoms with Crippen LogP contribution in [-0.2, 0) is 14.4 Å². The van der Waals surface area contributed by atoms with E-state index in [9.17, 15) is 19.2 Å². The highest BCUT2D eigenvalue weighted by molar-refractivity contribution is 7.20. The predicted octanol–water partition coefficient (Wildman–Crippen LogP) is -0.521. The zero-order chi connectivity index (χ0) is 22.8. The molecule has 0 bridgehead atoms. The van der Waals surface area contributed by atoms with Crippen molar-refractivity contribution in [2.24, 2.45) is 5.73 Å². The number of nitrogens with zero attached hydrogens (tertiary/aromatic N) is 1. The minimum absolute atomic E-state index is 0.181. The number of hydrogen-bond donors (Lipinski definition) is 6. The summed E-state index contributed by atoms with van der Waals surface area (Å²) in [6.45, 7) is 1.06. The van der Waals surface area contributed by atoms with Gasteiger partial charge in [-0.25, -0.2) is 4.98 Å². The maximum absolute atomic E-state index is 13.0. The first-order chi connectivity index (χ1) is 14.8. The van der Waals surface area contributed by atoms with Gasteiger partial charge in [0.25, 0.3) is 0 Å². The van der Waals surface area contributed by atoms with Gasteiger partial charge in [-0.3, -0.25) is 24.6 Å². The maximum atomic E-state index is 13.0. The van der Waals surface area contributed by atoms with Gasteiger partial charge in [0, 0.05) is 13.5 Å². The number of thiazole rings is 1. The second-order valence-electron chi connectivity index (χ2n) is 6.64. The molecular formula is C19H25N7O4S. The van der Waals surface area contributed by atoms with Gasteiger partial charge in [-0.1, -0.05) is 12.1 Å². The van der Waals surface area contributed by atoms with Gasteiger partial charge in [0.1, 0.15) is 0 Å². The standard InChI is InChI=1S/C19H25N7O4S/c1-11(27)23-9-15(28)24-10-16(29)25-13(6-4-8-22-19(20)21)17(30)18-26-12-5-2-3-7-14(12)31-18/h2-3,5,7,13H,4,6,8-10H2,1H3,(H,23,27)(H,24,28)(H,25,29)(H4,20,21,22). The zero-order valence-corrected chi connectivity index (χ0v) is 17.8. The number of para-hydroxylation sites is 1. The zero-order valence-electron chi connectivity index (χ0n) is 17.0. The Morgan fingerprint density at radius 2 is 1.81 bits per heavy atom. The molecule has 0 aliphatic heterocycles. The van der Waals surface area contributed by atoms with Crippen LogP contribution in [0.15, 0.2) is 24.3 Å². The number of amides is 3. The molecule has 1 aromatic heterocycles. The highest BCUT2D eigenvalue weighted by atomic mass is 32.1. The number of carbonyl (C=O) groups excluding carboxylic acids is 4. The lowest BCUT2D eigenvalue weighted by Gasteiger charge is -2.17. The molecule has 12 heteroatoms. The summed E-state index contributed by atoms with van der Waals surface area (Å²) < 4.78 is 0.861. The van der Waals surface area contributed by atoms with E-state index in [1.54, 1.807) is 6.07 Å². The quantitative estimate of drug-likeness (QED) is 0.116. The van der Waals surface area contributed by atoms with Crippen LogP contribution in [0.1, 0.15) is 29.6 Å². The van der Waals surface area contributed by atoms with E-state index < -0.39 is 17.9 Å². The van der Waals surface area contributed by atoms with Gasteiger partial charge < -0.3 is 27.0 Å². The van der Waals surface area contributed by atoms with Crippen molar-refractivity contribution in [3.05, 3.63) is 29.3 Å². The summed E-state index contributed by atoms with van der Waals surface area (Å²) in [4.78, 5) is 52.1. The van der Waals surface area contributed by atoms with Crippen molar-refractivity contribution in [1.29, 1.82) is 5.41 Å². The summed E-state index contributed by atoms with van der Waals surface area (Å²) in [6.07, 6.45) is 0.761. The number of fused-ring (bicyclic) bond motifs is 1. The van der Waals surface area contributed by atoms with Crippen LogP contribution in [0.4, 0.5) is 0 Å². The number of guanidine groups is 1. The van der Waals surface area contributed by atoms with Crippen LogP contribution in [0.25, 0.3) is 10.2 Å². The van der Waals surface area contributed by atoms with E-state index in [-0.39, 0.29) is 35.7 Å². The molecule has 11 nitrogen and oxygen atoms in total. The second kappa shape index (κ2) is 11.6. The molecule has 0 fully saturated rings. The van der Waals surface area contributed by atoms with Crippen LogP contribution in [0, 0.1) is 5.41 Å². The number of carbonyl (C=O) groups is 4. The van der Waals surface area contributed by atoms with Crippen LogP contribution in [-0.4, -0.2) is 60.1 Å². The molecule has 0 saturated heterocycles. The molecule has 31 heavy (non-hydrogen) atoms. The molecular weight excluding hydrogens is 422 g/mol. The SMILES string of the molecule is CC(=O)NCC(=O)NCC(=O)NC(CCCNC(=N)N)C(=O)c1nc2ccccc2s1. The molecule has 0 radical (unpaired) electrons. The summed E-state index contributed by atoms with van der Waals surface area (Å²) in [5.41, 5.74) is 5.95. The summed E-state index contributed by atoms with van der Waals surface area (Å²) in [6, 6.07) is 6.49. The van der Waals surface area contributed by atoms with E-state index in [2.05, 4.69) is 26.3 Å². The van der Waals surface area contributed by atoms with Crippen LogP contribution in [0.2, 0.25) is 0 Å². The number of aromatic nitrogens is 1. The summed E-state index contributed by atoms with van der Waals surface area (Å²) in [7, 11) is 0. The first kappa shape index (κ1) is 23.7. The van der Waals surface area contributed by atoms with Crippen molar-refractivity contribution in [3.63, 3.8) is 0 Å². The van der Waals surface area contributed by atoms with Gasteiger partial charge in [0.05, 0.1) is 29.3 Å². The molecule has 1 aromatic carbocycles. The molecule has 1 unspecified atom stereocenters. The van der Waals surface area contributed by atoms with E-state index >= 15 is 0 Å². The fraction of sp³-hybridized carbons (Fsp3) is 0.368. The average molecular weight is 448 g/mol. The van der Waals surface area contributed by atoms with Crippen molar-refractivity contribution in [2.75, 3.05) is 19.6 Å². The van der Waals surface area contributed by atoms with E-state index in [1.807, 2.05) is 18.2 Å². The molecule has 1 atom stereocenters. The van der Waals surface area contributed by atoms with Crippen LogP contribution in [0.5, 0.6) is 0 Å². The number of rotatable bonds is 11. The Morgan fingerprint density at radius 1 is 1.10 bits per heavy atom. The topological polar surface area (TPSA) is 179 Å². The van der Waals surface area contributed by atoms with Crippen molar-refractivity contribution >= 4 is 51.0 Å². The Kier molecular flexibility index (Phi) is 8.88. The molecule has 2 rings (SSSR count). The van der Waals surface area contributed by atoms with Gasteiger partial charge in [-0.2, -0.15) is 0 Å². The molecule has 2 aromatic rings. The number of Topliss-reactive ketones (excluding diaryl/α,β-unsaturated/α-hetero) is 1. The Bertz CT molecular complexity index is 942. The van der Waals surface area contributed by atoms with Gasteiger partial charge >= 0.3 is 0 Å². The predicted molar refractivity (Wildman–Crippen MR) is 117 cm³/mol. The Hall–Kier alpha value is -3.54. The van der Waals surface area contributed by atoms with E-state index in [4.69, 9.17) is 11.1 Å². The fourth-order valence-corrected chi connectivity index (χ4v) is 3.58. The maximum Gasteiger partial charge on any atom is 0.239 e. The normalized spacial score (nSPS) is 11.4. The molecule has 0 spiro atoms. The molecule has 3 amide bonds. The number of ketones is 1. The average Bonchev–Trinajstić information content (AvgIpc) is 3.16. The van der Waals surface area contributed by atoms with Crippen molar-refractivity contribution in [1.82, 2.24) is 26.3 Å². The van der Waals surface area contributed by atoms with Gasteiger partial charge in [-0.05, 0) is 25.0 Å². The van der Waals surface area contributed by atoms with Crippen LogP contribution in [0.3, 0.4) is 0 Å². The van der Waals surface area contributed by atoms with Gasteiger partial charge in [0.15, 0.2) is 11.0 Å². The van der Waals surface area contributed by atoms with Crippen molar-refractivity contribution in [3.8, 4) is 0 Å². The van der Waals surface area contributed by atoms with Crippen molar-refractivity contribution in [2.45, 2.75) is 25.8 Å². The Labute approximate surface area is 182 Å². The van der Waals surface area contributed by atoms with Crippen LogP contribution < -0.4 is 27.0 Å². The third kappa shape index (κ3) is 8.01. The highest BCUT2D eigenvalue weighted by Gasteiger charge is 2.25. The first-order valence-corrected chi connectivity index (χ1v) is 10.4. The lowest BCUT2D eigenvalue weighted by molar-refractivity contribution is -0.127. The van der Waals surface area contributed by atoms with Gasteiger partial charge in [-0.15, -0.1) is 11.3 Å². The number of nitrogens with two attached hydrogens (primary N) is 1. The summed E-state index contributed by atoms with van der Waals surface area (Å²) in [5, 5.41) is 17.5. The van der Waals surface area contributed by atoms with Crippen LogP contribution >= 0.6 is 11.3 Å². The molecule has 166 valence electrons. The number of nitrogens with one attached hydrogen (secondary N) is 5. The lowest BCUT2D eigenvalue weighted by atomic mass is 10.1. The van der Waals surface area contributed by atoms with E-state index in [0.29, 0.717) is 24.9 Å².